The van der Waals surface area contributed by atoms with Crippen LogP contribution in [0.5, 0.6) is 0 Å². The first-order valence-corrected chi connectivity index (χ1v) is 5.89. The fourth-order valence-electron chi connectivity index (χ4n) is 2.34. The highest BCUT2D eigenvalue weighted by molar-refractivity contribution is 6.30. The van der Waals surface area contributed by atoms with Gasteiger partial charge in [0.15, 0.2) is 0 Å². The molecule has 0 bridgehead atoms. The van der Waals surface area contributed by atoms with Crippen molar-refractivity contribution in [1.82, 2.24) is 0 Å². The van der Waals surface area contributed by atoms with Gasteiger partial charge >= 0.3 is 0 Å². The van der Waals surface area contributed by atoms with Crippen molar-refractivity contribution < 1.29 is 4.79 Å². The van der Waals surface area contributed by atoms with Crippen molar-refractivity contribution in [3.63, 3.8) is 0 Å². The summed E-state index contributed by atoms with van der Waals surface area (Å²) in [5.41, 5.74) is 5.19. The summed E-state index contributed by atoms with van der Waals surface area (Å²) in [6.45, 7) is 4.52. The van der Waals surface area contributed by atoms with Crippen LogP contribution in [-0.2, 0) is 4.79 Å². The normalized spacial score (nSPS) is 30.3. The number of hydrogen-bond donors (Lipinski definition) is 1. The zero-order valence-corrected chi connectivity index (χ0v) is 9.76. The number of rotatable bonds is 3. The van der Waals surface area contributed by atoms with Gasteiger partial charge in [-0.1, -0.05) is 13.8 Å². The van der Waals surface area contributed by atoms with Crippen LogP contribution in [0.1, 0.15) is 39.5 Å². The molecule has 82 valence electrons. The summed E-state index contributed by atoms with van der Waals surface area (Å²) in [6, 6.07) is 0. The van der Waals surface area contributed by atoms with E-state index >= 15 is 0 Å². The van der Waals surface area contributed by atoms with Crippen molar-refractivity contribution in [3.8, 4) is 0 Å². The number of carbonyl (C=O) groups excluding carboxylic acids is 1. The molecule has 1 atom stereocenters. The molecule has 1 unspecified atom stereocenters. The number of amides is 1. The van der Waals surface area contributed by atoms with Crippen LogP contribution in [0.25, 0.3) is 0 Å². The van der Waals surface area contributed by atoms with Gasteiger partial charge in [0.05, 0.1) is 0 Å². The number of nitrogens with two attached hydrogens (primary N) is 1. The first kappa shape index (κ1) is 11.8. The lowest BCUT2D eigenvalue weighted by atomic mass is 9.76. The molecular formula is C11H20ClNO. The van der Waals surface area contributed by atoms with Gasteiger partial charge in [0, 0.05) is 0 Å². The van der Waals surface area contributed by atoms with Gasteiger partial charge in [0.2, 0.25) is 5.91 Å². The standard InChI is InChI=1S/C11H20ClNO/c1-7(2)8-3-5-9(6-4-8)10(12)11(13)14/h7-10H,3-6H2,1-2H3,(H2,13,14). The Hall–Kier alpha value is -0.240. The van der Waals surface area contributed by atoms with E-state index < -0.39 is 5.38 Å². The van der Waals surface area contributed by atoms with E-state index in [-0.39, 0.29) is 5.91 Å². The molecule has 0 aromatic heterocycles. The number of halogens is 1. The SMILES string of the molecule is CC(C)C1CCC(C(Cl)C(N)=O)CC1. The van der Waals surface area contributed by atoms with Crippen LogP contribution in [0.15, 0.2) is 0 Å². The second-order valence-corrected chi connectivity index (χ2v) is 5.19. The molecule has 0 spiro atoms. The van der Waals surface area contributed by atoms with E-state index in [2.05, 4.69) is 13.8 Å². The third-order valence-corrected chi connectivity index (χ3v) is 4.02. The Balaban J connectivity index is 2.39. The first-order valence-electron chi connectivity index (χ1n) is 5.45. The highest BCUT2D eigenvalue weighted by atomic mass is 35.5. The number of hydrogen-bond acceptors (Lipinski definition) is 1. The van der Waals surface area contributed by atoms with E-state index in [0.717, 1.165) is 24.7 Å². The molecule has 1 amide bonds. The topological polar surface area (TPSA) is 43.1 Å². The Labute approximate surface area is 91.2 Å². The Morgan fingerprint density at radius 1 is 1.21 bits per heavy atom. The molecule has 1 fully saturated rings. The molecule has 3 heteroatoms. The summed E-state index contributed by atoms with van der Waals surface area (Å²) < 4.78 is 0. The summed E-state index contributed by atoms with van der Waals surface area (Å²) >= 11 is 5.95. The van der Waals surface area contributed by atoms with Crippen molar-refractivity contribution in [2.45, 2.75) is 44.9 Å². The fourth-order valence-corrected chi connectivity index (χ4v) is 2.59. The maximum Gasteiger partial charge on any atom is 0.235 e. The van der Waals surface area contributed by atoms with E-state index in [9.17, 15) is 4.79 Å². The average molecular weight is 218 g/mol. The maximum atomic E-state index is 10.9. The quantitative estimate of drug-likeness (QED) is 0.726. The summed E-state index contributed by atoms with van der Waals surface area (Å²) in [5, 5.41) is -0.455. The number of carbonyl (C=O) groups is 1. The van der Waals surface area contributed by atoms with E-state index in [4.69, 9.17) is 17.3 Å². The van der Waals surface area contributed by atoms with Gasteiger partial charge < -0.3 is 5.73 Å². The van der Waals surface area contributed by atoms with Gasteiger partial charge in [-0.2, -0.15) is 0 Å². The molecule has 0 radical (unpaired) electrons. The van der Waals surface area contributed by atoms with Crippen molar-refractivity contribution in [1.29, 1.82) is 0 Å². The number of primary amides is 1. The molecule has 14 heavy (non-hydrogen) atoms. The van der Waals surface area contributed by atoms with Gasteiger partial charge in [-0.3, -0.25) is 4.79 Å². The smallest absolute Gasteiger partial charge is 0.235 e. The predicted octanol–water partition coefficient (Wildman–Crippen LogP) is 2.54. The molecule has 0 aromatic rings. The van der Waals surface area contributed by atoms with E-state index in [1.165, 1.54) is 12.8 Å². The van der Waals surface area contributed by atoms with Crippen LogP contribution in [0, 0.1) is 17.8 Å². The molecule has 2 nitrogen and oxygen atoms in total. The van der Waals surface area contributed by atoms with E-state index in [1.54, 1.807) is 0 Å². The van der Waals surface area contributed by atoms with E-state index in [0.29, 0.717) is 5.92 Å². The van der Waals surface area contributed by atoms with Crippen molar-refractivity contribution >= 4 is 17.5 Å². The van der Waals surface area contributed by atoms with E-state index in [1.807, 2.05) is 0 Å². The summed E-state index contributed by atoms with van der Waals surface area (Å²) in [5.74, 6) is 1.50. The minimum absolute atomic E-state index is 0.309. The van der Waals surface area contributed by atoms with Crippen LogP contribution in [0.4, 0.5) is 0 Å². The van der Waals surface area contributed by atoms with Gasteiger partial charge in [0.1, 0.15) is 5.38 Å². The monoisotopic (exact) mass is 217 g/mol. The van der Waals surface area contributed by atoms with Gasteiger partial charge in [-0.15, -0.1) is 11.6 Å². The highest BCUT2D eigenvalue weighted by Crippen LogP contribution is 2.36. The van der Waals surface area contributed by atoms with Crippen molar-refractivity contribution in [2.24, 2.45) is 23.5 Å². The van der Waals surface area contributed by atoms with Crippen LogP contribution in [0.2, 0.25) is 0 Å². The second-order valence-electron chi connectivity index (χ2n) is 4.72. The lowest BCUT2D eigenvalue weighted by molar-refractivity contribution is -0.118. The van der Waals surface area contributed by atoms with Crippen LogP contribution in [-0.4, -0.2) is 11.3 Å². The summed E-state index contributed by atoms with van der Waals surface area (Å²) in [6.07, 6.45) is 4.50. The van der Waals surface area contributed by atoms with Crippen LogP contribution < -0.4 is 5.73 Å². The Bertz CT molecular complexity index is 197. The van der Waals surface area contributed by atoms with Crippen molar-refractivity contribution in [2.75, 3.05) is 0 Å². The molecule has 0 saturated heterocycles. The maximum absolute atomic E-state index is 10.9. The number of alkyl halides is 1. The molecule has 1 aliphatic carbocycles. The third kappa shape index (κ3) is 2.88. The molecule has 1 aliphatic rings. The fraction of sp³-hybridized carbons (Fsp3) is 0.909. The summed E-state index contributed by atoms with van der Waals surface area (Å²) in [4.78, 5) is 10.9. The Kier molecular flexibility index (Phi) is 4.24. The molecule has 0 aromatic carbocycles. The van der Waals surface area contributed by atoms with Gasteiger partial charge in [-0.25, -0.2) is 0 Å². The molecule has 0 heterocycles. The molecule has 0 aliphatic heterocycles. The minimum Gasteiger partial charge on any atom is -0.368 e. The Morgan fingerprint density at radius 2 is 1.64 bits per heavy atom. The zero-order valence-electron chi connectivity index (χ0n) is 9.00. The lowest BCUT2D eigenvalue weighted by Crippen LogP contribution is -2.33. The third-order valence-electron chi connectivity index (χ3n) is 3.44. The van der Waals surface area contributed by atoms with Gasteiger partial charge in [-0.05, 0) is 43.4 Å². The first-order chi connectivity index (χ1) is 6.52. The van der Waals surface area contributed by atoms with Crippen molar-refractivity contribution in [3.05, 3.63) is 0 Å². The molecule has 2 N–H and O–H groups in total. The molecular weight excluding hydrogens is 198 g/mol. The highest BCUT2D eigenvalue weighted by Gasteiger charge is 2.30. The van der Waals surface area contributed by atoms with Crippen LogP contribution >= 0.6 is 11.6 Å². The Morgan fingerprint density at radius 3 is 2.00 bits per heavy atom. The zero-order chi connectivity index (χ0) is 10.7. The lowest BCUT2D eigenvalue weighted by Gasteiger charge is -2.32. The van der Waals surface area contributed by atoms with Gasteiger partial charge in [0.25, 0.3) is 0 Å². The second kappa shape index (κ2) is 5.01. The average Bonchev–Trinajstić information content (AvgIpc) is 2.16. The molecule has 1 rings (SSSR count). The largest absolute Gasteiger partial charge is 0.368 e. The summed E-state index contributed by atoms with van der Waals surface area (Å²) in [7, 11) is 0. The minimum atomic E-state index is -0.455. The molecule has 1 saturated carbocycles. The van der Waals surface area contributed by atoms with Crippen LogP contribution in [0.3, 0.4) is 0 Å². The predicted molar refractivity (Wildman–Crippen MR) is 59.1 cm³/mol.